The van der Waals surface area contributed by atoms with Crippen molar-refractivity contribution in [1.82, 2.24) is 4.57 Å². The number of para-hydroxylation sites is 1. The lowest BCUT2D eigenvalue weighted by atomic mass is 10.2. The molecule has 2 aromatic rings. The van der Waals surface area contributed by atoms with E-state index in [4.69, 9.17) is 11.5 Å². The van der Waals surface area contributed by atoms with Gasteiger partial charge < -0.3 is 11.5 Å². The Bertz CT molecular complexity index is 473. The van der Waals surface area contributed by atoms with Crippen molar-refractivity contribution in [3.8, 4) is 0 Å². The van der Waals surface area contributed by atoms with Gasteiger partial charge in [-0.1, -0.05) is 18.2 Å². The molecule has 0 unspecified atom stereocenters. The summed E-state index contributed by atoms with van der Waals surface area (Å²) in [6.07, 6.45) is 0. The van der Waals surface area contributed by atoms with Crippen LogP contribution in [0.15, 0.2) is 30.3 Å². The number of carbonyl (C=O) groups is 1. The monoisotopic (exact) mass is 175 g/mol. The molecule has 0 radical (unpaired) electrons. The molecule has 0 atom stereocenters. The molecule has 0 saturated carbocycles. The number of aromatic nitrogens is 1. The van der Waals surface area contributed by atoms with E-state index in [1.54, 1.807) is 12.1 Å². The largest absolute Gasteiger partial charge is 0.385 e. The maximum Gasteiger partial charge on any atom is 0.325 e. The van der Waals surface area contributed by atoms with E-state index in [0.29, 0.717) is 5.82 Å². The smallest absolute Gasteiger partial charge is 0.325 e. The van der Waals surface area contributed by atoms with E-state index in [1.807, 2.05) is 18.2 Å². The summed E-state index contributed by atoms with van der Waals surface area (Å²) in [7, 11) is 0. The van der Waals surface area contributed by atoms with E-state index in [2.05, 4.69) is 0 Å². The maximum atomic E-state index is 11.0. The predicted octanol–water partition coefficient (Wildman–Crippen LogP) is 1.15. The summed E-state index contributed by atoms with van der Waals surface area (Å²) in [4.78, 5) is 11.0. The summed E-state index contributed by atoms with van der Waals surface area (Å²) >= 11 is 0. The van der Waals surface area contributed by atoms with Gasteiger partial charge in [-0.25, -0.2) is 9.36 Å². The first kappa shape index (κ1) is 7.67. The molecule has 4 N–H and O–H groups in total. The standard InChI is InChI=1S/C9H9N3O/c10-8-5-6-3-1-2-4-7(6)12(8)9(11)13/h1-5H,10H2,(H2,11,13). The number of hydrogen-bond donors (Lipinski definition) is 2. The first-order valence-corrected chi connectivity index (χ1v) is 3.86. The summed E-state index contributed by atoms with van der Waals surface area (Å²) < 4.78 is 1.29. The molecule has 0 bridgehead atoms. The van der Waals surface area contributed by atoms with Crippen molar-refractivity contribution in [2.24, 2.45) is 5.73 Å². The molecule has 1 aromatic heterocycles. The molecule has 1 amide bonds. The van der Waals surface area contributed by atoms with Crippen LogP contribution in [-0.4, -0.2) is 10.6 Å². The van der Waals surface area contributed by atoms with Crippen molar-refractivity contribution >= 4 is 22.8 Å². The SMILES string of the molecule is NC(=O)n1c(N)cc2ccccc21. The Balaban J connectivity index is 2.86. The summed E-state index contributed by atoms with van der Waals surface area (Å²) in [5.41, 5.74) is 11.5. The summed E-state index contributed by atoms with van der Waals surface area (Å²) in [6, 6.07) is 8.56. The van der Waals surface area contributed by atoms with E-state index in [0.717, 1.165) is 10.9 Å². The zero-order valence-electron chi connectivity index (χ0n) is 6.90. The van der Waals surface area contributed by atoms with Crippen molar-refractivity contribution in [3.63, 3.8) is 0 Å². The third-order valence-electron chi connectivity index (χ3n) is 1.96. The molecule has 0 fully saturated rings. The number of nitrogen functional groups attached to an aromatic ring is 1. The van der Waals surface area contributed by atoms with Gasteiger partial charge in [-0.05, 0) is 12.1 Å². The van der Waals surface area contributed by atoms with Gasteiger partial charge in [0.2, 0.25) is 0 Å². The number of amides is 1. The number of nitrogens with two attached hydrogens (primary N) is 2. The van der Waals surface area contributed by atoms with Gasteiger partial charge in [-0.2, -0.15) is 0 Å². The number of benzene rings is 1. The molecule has 0 saturated heterocycles. The van der Waals surface area contributed by atoms with Crippen LogP contribution in [0.3, 0.4) is 0 Å². The molecule has 66 valence electrons. The first-order valence-electron chi connectivity index (χ1n) is 3.86. The van der Waals surface area contributed by atoms with Crippen LogP contribution in [0.2, 0.25) is 0 Å². The van der Waals surface area contributed by atoms with Crippen molar-refractivity contribution < 1.29 is 4.79 Å². The van der Waals surface area contributed by atoms with Gasteiger partial charge in [-0.15, -0.1) is 0 Å². The van der Waals surface area contributed by atoms with Crippen molar-refractivity contribution in [1.29, 1.82) is 0 Å². The lowest BCUT2D eigenvalue weighted by molar-refractivity contribution is 0.251. The first-order chi connectivity index (χ1) is 6.20. The normalized spacial score (nSPS) is 10.5. The summed E-state index contributed by atoms with van der Waals surface area (Å²) in [5.74, 6) is 0.369. The Morgan fingerprint density at radius 3 is 2.69 bits per heavy atom. The van der Waals surface area contributed by atoms with Crippen LogP contribution < -0.4 is 11.5 Å². The average Bonchev–Trinajstić information content (AvgIpc) is 2.39. The highest BCUT2D eigenvalue weighted by Crippen LogP contribution is 2.20. The molecule has 0 spiro atoms. The van der Waals surface area contributed by atoms with Gasteiger partial charge in [0, 0.05) is 5.39 Å². The molecular formula is C9H9N3O. The second kappa shape index (κ2) is 2.52. The molecule has 0 aliphatic rings. The van der Waals surface area contributed by atoms with E-state index in [9.17, 15) is 4.79 Å². The van der Waals surface area contributed by atoms with Gasteiger partial charge in [0.1, 0.15) is 5.82 Å². The zero-order valence-corrected chi connectivity index (χ0v) is 6.90. The second-order valence-corrected chi connectivity index (χ2v) is 2.80. The maximum absolute atomic E-state index is 11.0. The fraction of sp³-hybridized carbons (Fsp3) is 0. The van der Waals surface area contributed by atoms with Crippen molar-refractivity contribution in [2.75, 3.05) is 5.73 Å². The Kier molecular flexibility index (Phi) is 1.48. The minimum atomic E-state index is -0.557. The van der Waals surface area contributed by atoms with Gasteiger partial charge >= 0.3 is 6.03 Å². The molecule has 13 heavy (non-hydrogen) atoms. The highest BCUT2D eigenvalue weighted by Gasteiger charge is 2.08. The summed E-state index contributed by atoms with van der Waals surface area (Å²) in [5, 5.41) is 0.916. The Morgan fingerprint density at radius 2 is 2.00 bits per heavy atom. The second-order valence-electron chi connectivity index (χ2n) is 2.80. The quantitative estimate of drug-likeness (QED) is 0.630. The molecule has 0 aliphatic carbocycles. The number of anilines is 1. The number of fused-ring (bicyclic) bond motifs is 1. The minimum absolute atomic E-state index is 0.369. The van der Waals surface area contributed by atoms with E-state index in [-0.39, 0.29) is 0 Å². The van der Waals surface area contributed by atoms with Crippen LogP contribution in [0.5, 0.6) is 0 Å². The molecule has 1 heterocycles. The Labute approximate surface area is 74.7 Å². The third-order valence-corrected chi connectivity index (χ3v) is 1.96. The molecule has 2 rings (SSSR count). The fourth-order valence-electron chi connectivity index (χ4n) is 1.42. The van der Waals surface area contributed by atoms with Gasteiger partial charge in [0.05, 0.1) is 5.52 Å². The number of hydrogen-bond acceptors (Lipinski definition) is 2. The summed E-state index contributed by atoms with van der Waals surface area (Å²) in [6.45, 7) is 0. The number of primary amides is 1. The predicted molar refractivity (Wildman–Crippen MR) is 51.3 cm³/mol. The highest BCUT2D eigenvalue weighted by molar-refractivity contribution is 5.95. The Morgan fingerprint density at radius 1 is 1.31 bits per heavy atom. The minimum Gasteiger partial charge on any atom is -0.385 e. The van der Waals surface area contributed by atoms with Crippen LogP contribution >= 0.6 is 0 Å². The Hall–Kier alpha value is -1.97. The molecule has 4 heteroatoms. The lowest BCUT2D eigenvalue weighted by Gasteiger charge is -2.00. The van der Waals surface area contributed by atoms with Crippen LogP contribution in [0, 0.1) is 0 Å². The van der Waals surface area contributed by atoms with E-state index >= 15 is 0 Å². The van der Waals surface area contributed by atoms with Crippen LogP contribution in [0.4, 0.5) is 10.6 Å². The fourth-order valence-corrected chi connectivity index (χ4v) is 1.42. The lowest BCUT2D eigenvalue weighted by Crippen LogP contribution is -2.20. The highest BCUT2D eigenvalue weighted by atomic mass is 16.2. The van der Waals surface area contributed by atoms with Gasteiger partial charge in [0.25, 0.3) is 0 Å². The zero-order chi connectivity index (χ0) is 9.42. The van der Waals surface area contributed by atoms with Crippen LogP contribution in [0.1, 0.15) is 0 Å². The molecule has 0 aliphatic heterocycles. The molecular weight excluding hydrogens is 166 g/mol. The number of nitrogens with zero attached hydrogens (tertiary/aromatic N) is 1. The van der Waals surface area contributed by atoms with Crippen molar-refractivity contribution in [3.05, 3.63) is 30.3 Å². The molecule has 4 nitrogen and oxygen atoms in total. The van der Waals surface area contributed by atoms with Crippen LogP contribution in [0.25, 0.3) is 10.9 Å². The van der Waals surface area contributed by atoms with Crippen molar-refractivity contribution in [2.45, 2.75) is 0 Å². The van der Waals surface area contributed by atoms with E-state index in [1.165, 1.54) is 4.57 Å². The topological polar surface area (TPSA) is 74.0 Å². The average molecular weight is 175 g/mol. The van der Waals surface area contributed by atoms with E-state index < -0.39 is 6.03 Å². The molecule has 1 aromatic carbocycles. The van der Waals surface area contributed by atoms with Gasteiger partial charge in [-0.3, -0.25) is 0 Å². The van der Waals surface area contributed by atoms with Crippen LogP contribution in [-0.2, 0) is 0 Å². The third kappa shape index (κ3) is 1.03. The number of rotatable bonds is 0. The number of carbonyl (C=O) groups excluding carboxylic acids is 1. The van der Waals surface area contributed by atoms with Gasteiger partial charge in [0.15, 0.2) is 0 Å².